The zero-order chi connectivity index (χ0) is 16.4. The Morgan fingerprint density at radius 3 is 2.92 bits per heavy atom. The van der Waals surface area contributed by atoms with Gasteiger partial charge in [-0.2, -0.15) is 0 Å². The molecule has 0 bridgehead atoms. The Morgan fingerprint density at radius 1 is 1.21 bits per heavy atom. The molecule has 24 heavy (non-hydrogen) atoms. The summed E-state index contributed by atoms with van der Waals surface area (Å²) in [6.07, 6.45) is 8.52. The molecule has 4 heteroatoms. The Hall–Kier alpha value is -1.55. The van der Waals surface area contributed by atoms with Crippen molar-refractivity contribution in [2.45, 2.75) is 57.6 Å². The van der Waals surface area contributed by atoms with E-state index in [1.54, 1.807) is 0 Å². The van der Waals surface area contributed by atoms with Gasteiger partial charge in [0.2, 0.25) is 5.91 Å². The monoisotopic (exact) mass is 328 g/mol. The van der Waals surface area contributed by atoms with Crippen LogP contribution >= 0.6 is 0 Å². The van der Waals surface area contributed by atoms with Crippen LogP contribution < -0.4 is 10.1 Å². The molecule has 1 spiro atoms. The topological polar surface area (TPSA) is 41.6 Å². The Balaban J connectivity index is 1.38. The molecule has 3 aliphatic rings. The molecule has 130 valence electrons. The molecule has 2 saturated heterocycles. The number of carbonyl (C=O) groups excluding carboxylic acids is 1. The molecule has 0 aromatic heterocycles. The van der Waals surface area contributed by atoms with Gasteiger partial charge >= 0.3 is 0 Å². The van der Waals surface area contributed by atoms with Crippen LogP contribution in [0.4, 0.5) is 0 Å². The van der Waals surface area contributed by atoms with Crippen molar-refractivity contribution in [3.05, 3.63) is 29.8 Å². The van der Waals surface area contributed by atoms with Gasteiger partial charge in [0.1, 0.15) is 5.75 Å². The van der Waals surface area contributed by atoms with Crippen LogP contribution in [0.1, 0.15) is 50.5 Å². The fourth-order valence-electron chi connectivity index (χ4n) is 4.59. The minimum absolute atomic E-state index is 0.129. The summed E-state index contributed by atoms with van der Waals surface area (Å²) in [7, 11) is 0. The fraction of sp³-hybridized carbons (Fsp3) is 0.650. The molecular weight excluding hydrogens is 300 g/mol. The Bertz CT molecular complexity index is 597. The first-order valence-corrected chi connectivity index (χ1v) is 9.50. The van der Waals surface area contributed by atoms with E-state index in [4.69, 9.17) is 4.74 Å². The van der Waals surface area contributed by atoms with E-state index < -0.39 is 0 Å². The summed E-state index contributed by atoms with van der Waals surface area (Å²) in [4.78, 5) is 14.7. The van der Waals surface area contributed by atoms with Crippen molar-refractivity contribution in [3.8, 4) is 5.75 Å². The normalized spacial score (nSPS) is 28.4. The van der Waals surface area contributed by atoms with Crippen LogP contribution in [0, 0.1) is 5.41 Å². The molecule has 2 aliphatic heterocycles. The summed E-state index contributed by atoms with van der Waals surface area (Å²) < 4.78 is 6.12. The minimum atomic E-state index is -0.129. The average Bonchev–Trinajstić information content (AvgIpc) is 3.22. The van der Waals surface area contributed by atoms with E-state index in [2.05, 4.69) is 34.5 Å². The first kappa shape index (κ1) is 15.9. The molecule has 1 atom stereocenters. The molecule has 1 aliphatic carbocycles. The van der Waals surface area contributed by atoms with E-state index in [1.807, 2.05) is 0 Å². The van der Waals surface area contributed by atoms with Crippen LogP contribution in [-0.2, 0) is 11.3 Å². The summed E-state index contributed by atoms with van der Waals surface area (Å²) >= 11 is 0. The molecule has 4 nitrogen and oxygen atoms in total. The smallest absolute Gasteiger partial charge is 0.227 e. The summed E-state index contributed by atoms with van der Waals surface area (Å²) in [5.74, 6) is 1.28. The number of ether oxygens (including phenoxy) is 1. The lowest BCUT2D eigenvalue weighted by Gasteiger charge is -2.32. The number of nitrogens with one attached hydrogen (secondary N) is 1. The van der Waals surface area contributed by atoms with E-state index in [0.717, 1.165) is 51.2 Å². The lowest BCUT2D eigenvalue weighted by Crippen LogP contribution is -2.47. The van der Waals surface area contributed by atoms with Crippen molar-refractivity contribution in [1.82, 2.24) is 10.2 Å². The highest BCUT2D eigenvalue weighted by molar-refractivity contribution is 5.84. The number of piperidine rings is 1. The van der Waals surface area contributed by atoms with Crippen molar-refractivity contribution < 1.29 is 9.53 Å². The number of likely N-dealkylation sites (tertiary alicyclic amines) is 1. The van der Waals surface area contributed by atoms with Crippen molar-refractivity contribution in [2.75, 3.05) is 19.6 Å². The molecule has 2 heterocycles. The van der Waals surface area contributed by atoms with E-state index in [9.17, 15) is 4.79 Å². The van der Waals surface area contributed by atoms with Crippen LogP contribution in [0.25, 0.3) is 0 Å². The number of hydrogen-bond acceptors (Lipinski definition) is 3. The van der Waals surface area contributed by atoms with Gasteiger partial charge in [-0.05, 0) is 69.2 Å². The first-order valence-electron chi connectivity index (χ1n) is 9.50. The first-order chi connectivity index (χ1) is 11.7. The number of benzene rings is 1. The van der Waals surface area contributed by atoms with Gasteiger partial charge in [0.15, 0.2) is 0 Å². The van der Waals surface area contributed by atoms with Gasteiger partial charge in [0, 0.05) is 19.6 Å². The Kier molecular flexibility index (Phi) is 4.49. The number of hydrogen-bond donors (Lipinski definition) is 1. The van der Waals surface area contributed by atoms with Gasteiger partial charge in [-0.3, -0.25) is 9.69 Å². The van der Waals surface area contributed by atoms with Crippen LogP contribution in [-0.4, -0.2) is 36.5 Å². The molecule has 4 rings (SSSR count). The molecule has 1 aromatic carbocycles. The third kappa shape index (κ3) is 3.30. The summed E-state index contributed by atoms with van der Waals surface area (Å²) in [5.41, 5.74) is 1.16. The highest BCUT2D eigenvalue weighted by atomic mass is 16.5. The molecule has 1 aromatic rings. The van der Waals surface area contributed by atoms with Crippen LogP contribution in [0.2, 0.25) is 0 Å². The third-order valence-corrected chi connectivity index (χ3v) is 5.94. The predicted octanol–water partition coefficient (Wildman–Crippen LogP) is 3.11. The van der Waals surface area contributed by atoms with E-state index in [-0.39, 0.29) is 11.3 Å². The largest absolute Gasteiger partial charge is 0.490 e. The molecule has 3 fully saturated rings. The van der Waals surface area contributed by atoms with E-state index >= 15 is 0 Å². The highest BCUT2D eigenvalue weighted by Crippen LogP contribution is 2.38. The van der Waals surface area contributed by atoms with E-state index in [1.165, 1.54) is 31.2 Å². The SMILES string of the molecule is O=C1NCCCC12CCN(Cc1cccc(OC3CCCC3)c1)C2. The lowest BCUT2D eigenvalue weighted by molar-refractivity contribution is -0.132. The second kappa shape index (κ2) is 6.75. The minimum Gasteiger partial charge on any atom is -0.490 e. The standard InChI is InChI=1S/C20H28N2O2/c23-19-20(9-4-11-21-19)10-12-22(15-20)14-16-5-3-8-18(13-16)24-17-6-1-2-7-17/h3,5,8,13,17H,1-2,4,6-7,9-12,14-15H2,(H,21,23). The molecule has 1 amide bonds. The summed E-state index contributed by atoms with van der Waals surface area (Å²) in [6, 6.07) is 8.53. The zero-order valence-corrected chi connectivity index (χ0v) is 14.4. The van der Waals surface area contributed by atoms with Gasteiger partial charge < -0.3 is 10.1 Å². The maximum Gasteiger partial charge on any atom is 0.227 e. The van der Waals surface area contributed by atoms with Crippen molar-refractivity contribution in [3.63, 3.8) is 0 Å². The maximum atomic E-state index is 12.3. The van der Waals surface area contributed by atoms with Crippen molar-refractivity contribution in [2.24, 2.45) is 5.41 Å². The number of nitrogens with zero attached hydrogens (tertiary/aromatic N) is 1. The van der Waals surface area contributed by atoms with Gasteiger partial charge in [-0.1, -0.05) is 12.1 Å². The van der Waals surface area contributed by atoms with E-state index in [0.29, 0.717) is 6.10 Å². The molecule has 1 saturated carbocycles. The summed E-state index contributed by atoms with van der Waals surface area (Å²) in [6.45, 7) is 3.67. The Morgan fingerprint density at radius 2 is 2.08 bits per heavy atom. The second-order valence-electron chi connectivity index (χ2n) is 7.77. The average molecular weight is 328 g/mol. The summed E-state index contributed by atoms with van der Waals surface area (Å²) in [5, 5.41) is 3.06. The quantitative estimate of drug-likeness (QED) is 0.923. The van der Waals surface area contributed by atoms with Crippen LogP contribution in [0.15, 0.2) is 24.3 Å². The highest BCUT2D eigenvalue weighted by Gasteiger charge is 2.45. The van der Waals surface area contributed by atoms with Crippen molar-refractivity contribution >= 4 is 5.91 Å². The molecular formula is C20H28N2O2. The van der Waals surface area contributed by atoms with Gasteiger partial charge in [0.05, 0.1) is 11.5 Å². The molecule has 0 radical (unpaired) electrons. The lowest BCUT2D eigenvalue weighted by atomic mass is 9.79. The van der Waals surface area contributed by atoms with Crippen LogP contribution in [0.5, 0.6) is 5.75 Å². The van der Waals surface area contributed by atoms with Crippen molar-refractivity contribution in [1.29, 1.82) is 0 Å². The van der Waals surface area contributed by atoms with Crippen LogP contribution in [0.3, 0.4) is 0 Å². The fourth-order valence-corrected chi connectivity index (χ4v) is 4.59. The molecule has 1 unspecified atom stereocenters. The number of amides is 1. The number of rotatable bonds is 4. The molecule has 1 N–H and O–H groups in total. The zero-order valence-electron chi connectivity index (χ0n) is 14.4. The van der Waals surface area contributed by atoms with Gasteiger partial charge in [-0.15, -0.1) is 0 Å². The number of carbonyl (C=O) groups is 1. The van der Waals surface area contributed by atoms with Gasteiger partial charge in [-0.25, -0.2) is 0 Å². The van der Waals surface area contributed by atoms with Gasteiger partial charge in [0.25, 0.3) is 0 Å². The third-order valence-electron chi connectivity index (χ3n) is 5.94. The predicted molar refractivity (Wildman–Crippen MR) is 93.9 cm³/mol. The second-order valence-corrected chi connectivity index (χ2v) is 7.77. The maximum absolute atomic E-state index is 12.3. The Labute approximate surface area is 144 Å².